The molecule has 4 saturated heterocycles. The van der Waals surface area contributed by atoms with E-state index in [4.69, 9.17) is 42.6 Å². The molecule has 0 saturated carbocycles. The van der Waals surface area contributed by atoms with Crippen LogP contribution >= 0.6 is 0 Å². The first kappa shape index (κ1) is 49.6. The minimum atomic E-state index is -2.08. The average Bonchev–Trinajstić information content (AvgIpc) is 3.27. The van der Waals surface area contributed by atoms with Crippen LogP contribution in [0, 0.1) is 0 Å². The van der Waals surface area contributed by atoms with Crippen molar-refractivity contribution in [1.29, 1.82) is 0 Å². The number of benzene rings is 2. The maximum Gasteiger partial charge on any atom is 0.331 e. The summed E-state index contributed by atoms with van der Waals surface area (Å²) in [6.07, 6.45) is -31.3. The Balaban J connectivity index is 1.40. The van der Waals surface area contributed by atoms with Crippen molar-refractivity contribution in [3.05, 3.63) is 53.6 Å². The Bertz CT molecular complexity index is 1870. The fourth-order valence-corrected chi connectivity index (χ4v) is 7.32. The van der Waals surface area contributed by atoms with Crippen LogP contribution in [0.15, 0.2) is 42.5 Å². The van der Waals surface area contributed by atoms with Crippen LogP contribution in [0.1, 0.15) is 18.1 Å². The number of aromatic hydroxyl groups is 4. The van der Waals surface area contributed by atoms with Crippen LogP contribution in [0.5, 0.6) is 23.0 Å². The van der Waals surface area contributed by atoms with Crippen molar-refractivity contribution in [1.82, 2.24) is 0 Å². The van der Waals surface area contributed by atoms with E-state index in [0.717, 1.165) is 18.2 Å². The summed E-state index contributed by atoms with van der Waals surface area (Å²) in [5.41, 5.74) is 0.653. The van der Waals surface area contributed by atoms with E-state index in [-0.39, 0.29) is 18.6 Å². The number of carbonyl (C=O) groups excluding carboxylic acids is 1. The highest BCUT2D eigenvalue weighted by molar-refractivity contribution is 5.87. The normalized spacial score (nSPS) is 39.5. The zero-order valence-electron chi connectivity index (χ0n) is 34.0. The van der Waals surface area contributed by atoms with Gasteiger partial charge in [0, 0.05) is 6.08 Å². The van der Waals surface area contributed by atoms with E-state index in [1.165, 1.54) is 37.3 Å². The van der Waals surface area contributed by atoms with Crippen molar-refractivity contribution in [2.24, 2.45) is 0 Å². The van der Waals surface area contributed by atoms with Gasteiger partial charge in [-0.1, -0.05) is 12.1 Å². The second-order valence-corrected chi connectivity index (χ2v) is 15.6. The first-order valence-electron chi connectivity index (χ1n) is 20.2. The molecule has 4 heterocycles. The molecule has 64 heavy (non-hydrogen) atoms. The Morgan fingerprint density at radius 1 is 0.641 bits per heavy atom. The maximum atomic E-state index is 13.7. The average molecular weight is 919 g/mol. The second-order valence-electron chi connectivity index (χ2n) is 15.6. The lowest BCUT2D eigenvalue weighted by molar-refractivity contribution is -0.389. The summed E-state index contributed by atoms with van der Waals surface area (Å²) in [5.74, 6) is -2.96. The first-order chi connectivity index (χ1) is 30.4. The Labute approximate surface area is 363 Å². The third-order valence-corrected chi connectivity index (χ3v) is 11.1. The minimum absolute atomic E-state index is 0.0174. The van der Waals surface area contributed by atoms with E-state index in [2.05, 4.69) is 0 Å². The molecule has 19 atom stereocenters. The van der Waals surface area contributed by atoms with E-state index in [0.29, 0.717) is 5.56 Å². The molecule has 6 rings (SSSR count). The van der Waals surface area contributed by atoms with E-state index >= 15 is 0 Å². The number of aliphatic hydroxyl groups is 10. The molecule has 0 aromatic heterocycles. The number of phenols is 4. The largest absolute Gasteiger partial charge is 0.504 e. The van der Waals surface area contributed by atoms with E-state index in [1.807, 2.05) is 0 Å². The minimum Gasteiger partial charge on any atom is -0.504 e. The third-order valence-electron chi connectivity index (χ3n) is 11.1. The summed E-state index contributed by atoms with van der Waals surface area (Å²) in [6.45, 7) is -1.09. The number of hydrogen-bond donors (Lipinski definition) is 14. The summed E-state index contributed by atoms with van der Waals surface area (Å²) in [5, 5.41) is 145. The highest BCUT2D eigenvalue weighted by Gasteiger charge is 2.56. The second kappa shape index (κ2) is 21.6. The molecule has 0 bridgehead atoms. The van der Waals surface area contributed by atoms with Gasteiger partial charge in [0.05, 0.1) is 32.5 Å². The maximum absolute atomic E-state index is 13.7. The molecule has 24 heteroatoms. The molecule has 24 nitrogen and oxygen atoms in total. The van der Waals surface area contributed by atoms with Crippen LogP contribution in [-0.2, 0) is 53.8 Å². The van der Waals surface area contributed by atoms with Gasteiger partial charge in [-0.3, -0.25) is 0 Å². The van der Waals surface area contributed by atoms with Gasteiger partial charge in [0.15, 0.2) is 54.3 Å². The molecule has 14 N–H and O–H groups in total. The Kier molecular flexibility index (Phi) is 16.7. The molecule has 0 spiro atoms. The lowest BCUT2D eigenvalue weighted by Gasteiger charge is -2.49. The van der Waals surface area contributed by atoms with Crippen molar-refractivity contribution in [2.45, 2.75) is 130 Å². The summed E-state index contributed by atoms with van der Waals surface area (Å²) < 4.78 is 53.3. The van der Waals surface area contributed by atoms with Crippen molar-refractivity contribution in [3.63, 3.8) is 0 Å². The molecular weight excluding hydrogens is 864 g/mol. The predicted octanol–water partition coefficient (Wildman–Crippen LogP) is -4.73. The van der Waals surface area contributed by atoms with Crippen LogP contribution in [-0.4, -0.2) is 221 Å². The Morgan fingerprint density at radius 2 is 1.27 bits per heavy atom. The van der Waals surface area contributed by atoms with Crippen LogP contribution in [0.25, 0.3) is 6.08 Å². The molecule has 4 aliphatic rings. The van der Waals surface area contributed by atoms with Gasteiger partial charge >= 0.3 is 5.97 Å². The first-order valence-corrected chi connectivity index (χ1v) is 20.2. The number of rotatable bonds is 15. The third kappa shape index (κ3) is 11.4. The number of hydrogen-bond acceptors (Lipinski definition) is 24. The molecule has 0 aliphatic carbocycles. The number of esters is 1. The van der Waals surface area contributed by atoms with Gasteiger partial charge in [-0.2, -0.15) is 0 Å². The van der Waals surface area contributed by atoms with Gasteiger partial charge in [0.25, 0.3) is 0 Å². The van der Waals surface area contributed by atoms with Gasteiger partial charge in [0.1, 0.15) is 79.4 Å². The van der Waals surface area contributed by atoms with Gasteiger partial charge in [-0.15, -0.1) is 0 Å². The molecule has 0 radical (unpaired) electrons. The molecule has 4 aliphatic heterocycles. The number of carbonyl (C=O) groups is 1. The Morgan fingerprint density at radius 3 is 1.95 bits per heavy atom. The summed E-state index contributed by atoms with van der Waals surface area (Å²) in [4.78, 5) is 13.7. The summed E-state index contributed by atoms with van der Waals surface area (Å²) in [6, 6.07) is 7.56. The topological polar surface area (TPSA) is 383 Å². The zero-order valence-corrected chi connectivity index (χ0v) is 34.0. The van der Waals surface area contributed by atoms with Crippen LogP contribution in [0.3, 0.4) is 0 Å². The van der Waals surface area contributed by atoms with Crippen LogP contribution < -0.4 is 0 Å². The quantitative estimate of drug-likeness (QED) is 0.0453. The zero-order chi connectivity index (χ0) is 46.6. The van der Waals surface area contributed by atoms with E-state index < -0.39 is 166 Å². The molecule has 358 valence electrons. The van der Waals surface area contributed by atoms with Crippen LogP contribution in [0.2, 0.25) is 0 Å². The van der Waals surface area contributed by atoms with Crippen molar-refractivity contribution in [3.8, 4) is 23.0 Å². The van der Waals surface area contributed by atoms with E-state index in [1.54, 1.807) is 0 Å². The highest BCUT2D eigenvalue weighted by Crippen LogP contribution is 2.36. The molecule has 2 aromatic carbocycles. The molecule has 4 fully saturated rings. The standard InChI is InChI=1S/C40H54O24/c1-15-26(48)29(51)32(54)37(59-15)58-14-24-34(62-25(47)7-4-16-2-5-18(42)20(44)10-16)35(63-39-33(55)30(52)28(50)23(12-41)60-39)36(64-38-31(53)27(49)22(46)13-57-38)40(61-24)56-9-8-17-3-6-19(43)21(45)11-17/h2-7,10-11,15,22-24,26-46,48-55H,8-9,12-14H2,1H3/b7-4+/t15-,22+,23+,24+,26-,27+,28+,29+,30-,31-,32+,33+,34+,35-,36+,37+,38+,39-,40+/m0/s1. The summed E-state index contributed by atoms with van der Waals surface area (Å²) >= 11 is 0. The van der Waals surface area contributed by atoms with Crippen molar-refractivity contribution < 1.29 is 119 Å². The molecular formula is C40H54O24. The fourth-order valence-electron chi connectivity index (χ4n) is 7.32. The number of phenolic OH excluding ortho intramolecular Hbond substituents is 4. The number of aliphatic hydroxyl groups excluding tert-OH is 10. The van der Waals surface area contributed by atoms with Crippen molar-refractivity contribution in [2.75, 3.05) is 26.4 Å². The lowest BCUT2D eigenvalue weighted by Crippen LogP contribution is -2.67. The van der Waals surface area contributed by atoms with Gasteiger partial charge in [0.2, 0.25) is 0 Å². The highest BCUT2D eigenvalue weighted by atomic mass is 16.8. The van der Waals surface area contributed by atoms with Crippen LogP contribution in [0.4, 0.5) is 0 Å². The predicted molar refractivity (Wildman–Crippen MR) is 206 cm³/mol. The summed E-state index contributed by atoms with van der Waals surface area (Å²) in [7, 11) is 0. The monoisotopic (exact) mass is 918 g/mol. The van der Waals surface area contributed by atoms with Gasteiger partial charge < -0.3 is 114 Å². The lowest BCUT2D eigenvalue weighted by atomic mass is 9.96. The smallest absolute Gasteiger partial charge is 0.331 e. The van der Waals surface area contributed by atoms with E-state index in [9.17, 15) is 76.3 Å². The number of ether oxygens (including phenoxy) is 9. The molecule has 0 unspecified atom stereocenters. The SMILES string of the molecule is C[C@@H]1O[C@@H](OC[C@H]2O[C@@H](OCCc3ccc(O)c(O)c3)[C@H](O[C@H]3OC[C@@H](O)[C@@H](O)[C@@H]3O)[C@@H](O[C@@H]3O[C@H](CO)[C@@H](O)[C@H](O)[C@H]3O)[C@@H]2OC(=O)/C=C/c2ccc(O)c(O)c2)[C@H](O)[C@H](O)[C@H]1O. The Hall–Kier alpha value is -3.87. The fraction of sp³-hybridized carbons (Fsp3) is 0.625. The molecule has 2 aromatic rings. The van der Waals surface area contributed by atoms with Crippen molar-refractivity contribution >= 4 is 12.0 Å². The molecule has 0 amide bonds. The van der Waals surface area contributed by atoms with Gasteiger partial charge in [-0.25, -0.2) is 4.79 Å². The van der Waals surface area contributed by atoms with Gasteiger partial charge in [-0.05, 0) is 54.8 Å².